The highest BCUT2D eigenvalue weighted by atomic mass is 19.3. The second kappa shape index (κ2) is 11.5. The number of amides is 4. The Bertz CT molecular complexity index is 993. The first kappa shape index (κ1) is 25.0. The lowest BCUT2D eigenvalue weighted by atomic mass is 10.2. The molecular formula is C23H28F2N6O3. The van der Waals surface area contributed by atoms with Crippen molar-refractivity contribution < 1.29 is 23.2 Å². The lowest BCUT2D eigenvalue weighted by Gasteiger charge is -2.37. The van der Waals surface area contributed by atoms with Gasteiger partial charge in [0.1, 0.15) is 0 Å². The molecule has 1 saturated heterocycles. The Balaban J connectivity index is 1.72. The highest BCUT2D eigenvalue weighted by Gasteiger charge is 2.26. The molecule has 0 atom stereocenters. The van der Waals surface area contributed by atoms with E-state index in [1.54, 1.807) is 16.4 Å². The van der Waals surface area contributed by atoms with Crippen LogP contribution in [0.15, 0.2) is 42.6 Å². The van der Waals surface area contributed by atoms with Crippen molar-refractivity contribution in [1.82, 2.24) is 25.6 Å². The van der Waals surface area contributed by atoms with Gasteiger partial charge >= 0.3 is 18.4 Å². The summed E-state index contributed by atoms with van der Waals surface area (Å²) in [6, 6.07) is 10.5. The molecule has 0 saturated carbocycles. The van der Waals surface area contributed by atoms with Gasteiger partial charge in [0, 0.05) is 38.1 Å². The number of halogens is 2. The van der Waals surface area contributed by atoms with Gasteiger partial charge in [-0.3, -0.25) is 30.3 Å². The molecule has 1 aliphatic heterocycles. The van der Waals surface area contributed by atoms with Crippen molar-refractivity contribution >= 4 is 23.5 Å². The molecule has 2 heterocycles. The summed E-state index contributed by atoms with van der Waals surface area (Å²) in [4.78, 5) is 46.4. The van der Waals surface area contributed by atoms with Gasteiger partial charge in [-0.2, -0.15) is 8.78 Å². The molecule has 1 fully saturated rings. The molecular weight excluding hydrogens is 446 g/mol. The Morgan fingerprint density at radius 2 is 1.71 bits per heavy atom. The van der Waals surface area contributed by atoms with Crippen molar-refractivity contribution in [3.63, 3.8) is 0 Å². The molecule has 1 aromatic heterocycles. The molecule has 4 amide bonds. The van der Waals surface area contributed by atoms with Crippen LogP contribution in [0, 0.1) is 6.92 Å². The number of hydrogen-bond donors (Lipinski definition) is 2. The van der Waals surface area contributed by atoms with Gasteiger partial charge in [0.25, 0.3) is 5.91 Å². The number of likely N-dealkylation sites (N-methyl/N-ethyl adjacent to an activating group) is 1. The van der Waals surface area contributed by atoms with Crippen molar-refractivity contribution in [2.45, 2.75) is 26.8 Å². The van der Waals surface area contributed by atoms with E-state index in [1.165, 1.54) is 12.3 Å². The average molecular weight is 475 g/mol. The SMILES string of the molecule is CCN1CCN(C(=O)N(Cc2ccc(C(=O)NNC(=O)C(F)F)cn2)c2ccc(C)cc2)CC1. The van der Waals surface area contributed by atoms with E-state index in [9.17, 15) is 23.2 Å². The maximum Gasteiger partial charge on any atom is 0.324 e. The molecule has 9 nitrogen and oxygen atoms in total. The standard InChI is InChI=1S/C23H28F2N6O3/c1-3-29-10-12-30(13-11-29)23(34)31(19-8-4-16(2)5-9-19)15-18-7-6-17(14-26-18)21(32)27-28-22(33)20(24)25/h4-9,14,20H,3,10-13,15H2,1-2H3,(H,27,32)(H,28,33). The number of urea groups is 1. The van der Waals surface area contributed by atoms with Crippen LogP contribution in [0.5, 0.6) is 0 Å². The Hall–Kier alpha value is -3.60. The molecule has 34 heavy (non-hydrogen) atoms. The molecule has 1 aliphatic rings. The predicted molar refractivity (Wildman–Crippen MR) is 122 cm³/mol. The Labute approximate surface area is 196 Å². The van der Waals surface area contributed by atoms with Crippen molar-refractivity contribution in [2.24, 2.45) is 0 Å². The van der Waals surface area contributed by atoms with Crippen LogP contribution in [0.4, 0.5) is 19.3 Å². The third-order valence-electron chi connectivity index (χ3n) is 5.57. The van der Waals surface area contributed by atoms with E-state index < -0.39 is 18.2 Å². The highest BCUT2D eigenvalue weighted by molar-refractivity contribution is 5.95. The maximum atomic E-state index is 13.4. The lowest BCUT2D eigenvalue weighted by molar-refractivity contribution is -0.132. The second-order valence-corrected chi connectivity index (χ2v) is 7.91. The number of pyridine rings is 1. The van der Waals surface area contributed by atoms with Gasteiger partial charge < -0.3 is 9.80 Å². The van der Waals surface area contributed by atoms with E-state index >= 15 is 0 Å². The maximum absolute atomic E-state index is 13.4. The minimum Gasteiger partial charge on any atom is -0.322 e. The van der Waals surface area contributed by atoms with Crippen LogP contribution in [0.1, 0.15) is 28.5 Å². The van der Waals surface area contributed by atoms with Gasteiger partial charge in [0.2, 0.25) is 0 Å². The number of benzene rings is 1. The minimum atomic E-state index is -3.24. The first-order valence-electron chi connectivity index (χ1n) is 11.0. The number of hydrazine groups is 1. The van der Waals surface area contributed by atoms with Crippen LogP contribution >= 0.6 is 0 Å². The highest BCUT2D eigenvalue weighted by Crippen LogP contribution is 2.20. The molecule has 1 aromatic carbocycles. The summed E-state index contributed by atoms with van der Waals surface area (Å²) in [7, 11) is 0. The molecule has 2 N–H and O–H groups in total. The normalized spacial score (nSPS) is 14.1. The zero-order chi connectivity index (χ0) is 24.7. The predicted octanol–water partition coefficient (Wildman–Crippen LogP) is 2.18. The number of hydrogen-bond acceptors (Lipinski definition) is 5. The quantitative estimate of drug-likeness (QED) is 0.626. The van der Waals surface area contributed by atoms with Crippen molar-refractivity contribution in [1.29, 1.82) is 0 Å². The first-order valence-corrected chi connectivity index (χ1v) is 11.0. The molecule has 0 spiro atoms. The molecule has 11 heteroatoms. The first-order chi connectivity index (χ1) is 16.3. The monoisotopic (exact) mass is 474 g/mol. The van der Waals surface area contributed by atoms with E-state index in [1.807, 2.05) is 41.5 Å². The number of carbonyl (C=O) groups is 3. The lowest BCUT2D eigenvalue weighted by Crippen LogP contribution is -2.52. The Morgan fingerprint density at radius 3 is 2.26 bits per heavy atom. The summed E-state index contributed by atoms with van der Waals surface area (Å²) in [5.41, 5.74) is 5.95. The molecule has 0 radical (unpaired) electrons. The van der Waals surface area contributed by atoms with Crippen LogP contribution in [-0.4, -0.2) is 71.8 Å². The van der Waals surface area contributed by atoms with E-state index in [-0.39, 0.29) is 18.1 Å². The number of aromatic nitrogens is 1. The van der Waals surface area contributed by atoms with Crippen molar-refractivity contribution in [2.75, 3.05) is 37.6 Å². The van der Waals surface area contributed by atoms with E-state index in [4.69, 9.17) is 0 Å². The van der Waals surface area contributed by atoms with Gasteiger partial charge in [-0.1, -0.05) is 24.6 Å². The molecule has 0 bridgehead atoms. The van der Waals surface area contributed by atoms with Gasteiger partial charge in [-0.25, -0.2) is 4.79 Å². The van der Waals surface area contributed by atoms with Gasteiger partial charge in [0.05, 0.1) is 17.8 Å². The molecule has 2 aromatic rings. The zero-order valence-electron chi connectivity index (χ0n) is 19.1. The summed E-state index contributed by atoms with van der Waals surface area (Å²) in [5, 5.41) is 0. The largest absolute Gasteiger partial charge is 0.324 e. The third kappa shape index (κ3) is 6.47. The van der Waals surface area contributed by atoms with Gasteiger partial charge in [-0.15, -0.1) is 0 Å². The van der Waals surface area contributed by atoms with Crippen LogP contribution in [-0.2, 0) is 11.3 Å². The second-order valence-electron chi connectivity index (χ2n) is 7.91. The minimum absolute atomic E-state index is 0.0715. The van der Waals surface area contributed by atoms with Crippen molar-refractivity contribution in [3.05, 3.63) is 59.4 Å². The summed E-state index contributed by atoms with van der Waals surface area (Å²) in [6.45, 7) is 8.08. The molecule has 0 unspecified atom stereocenters. The number of anilines is 1. The fourth-order valence-corrected chi connectivity index (χ4v) is 3.48. The summed E-state index contributed by atoms with van der Waals surface area (Å²) in [6.07, 6.45) is -1.98. The van der Waals surface area contributed by atoms with Crippen molar-refractivity contribution in [3.8, 4) is 0 Å². The van der Waals surface area contributed by atoms with Crippen LogP contribution < -0.4 is 15.8 Å². The fraction of sp³-hybridized carbons (Fsp3) is 0.391. The number of rotatable bonds is 6. The number of aryl methyl sites for hydroxylation is 1. The summed E-state index contributed by atoms with van der Waals surface area (Å²) in [5.74, 6) is -2.39. The number of piperazine rings is 1. The fourth-order valence-electron chi connectivity index (χ4n) is 3.48. The summed E-state index contributed by atoms with van der Waals surface area (Å²) < 4.78 is 24.5. The number of nitrogens with zero attached hydrogens (tertiary/aromatic N) is 4. The third-order valence-corrected chi connectivity index (χ3v) is 5.57. The number of nitrogens with one attached hydrogen (secondary N) is 2. The Kier molecular flexibility index (Phi) is 8.47. The zero-order valence-corrected chi connectivity index (χ0v) is 19.1. The summed E-state index contributed by atoms with van der Waals surface area (Å²) >= 11 is 0. The van der Waals surface area contributed by atoms with Crippen LogP contribution in [0.25, 0.3) is 0 Å². The van der Waals surface area contributed by atoms with Crippen LogP contribution in [0.3, 0.4) is 0 Å². The molecule has 0 aliphatic carbocycles. The van der Waals surface area contributed by atoms with E-state index in [0.717, 1.165) is 30.9 Å². The Morgan fingerprint density at radius 1 is 1.03 bits per heavy atom. The van der Waals surface area contributed by atoms with E-state index in [0.29, 0.717) is 18.8 Å². The number of alkyl halides is 2. The van der Waals surface area contributed by atoms with Gasteiger partial charge in [0.15, 0.2) is 0 Å². The smallest absolute Gasteiger partial charge is 0.322 e. The molecule has 182 valence electrons. The van der Waals surface area contributed by atoms with Gasteiger partial charge in [-0.05, 0) is 37.7 Å². The van der Waals surface area contributed by atoms with E-state index in [2.05, 4.69) is 16.8 Å². The topological polar surface area (TPSA) is 97.9 Å². The van der Waals surface area contributed by atoms with Crippen LogP contribution in [0.2, 0.25) is 0 Å². The average Bonchev–Trinajstić information content (AvgIpc) is 2.86. The molecule has 3 rings (SSSR count). The number of carbonyl (C=O) groups excluding carboxylic acids is 3.